The number of hydrogen-bond donors (Lipinski definition) is 1. The van der Waals surface area contributed by atoms with Crippen molar-refractivity contribution in [2.45, 2.75) is 0 Å². The van der Waals surface area contributed by atoms with E-state index in [0.717, 1.165) is 16.8 Å². The molecule has 0 bridgehead atoms. The first kappa shape index (κ1) is 27.1. The number of halogens is 1. The number of fused-ring (bicyclic) bond motifs is 1. The van der Waals surface area contributed by atoms with Crippen LogP contribution >= 0.6 is 0 Å². The fraction of sp³-hybridized carbons (Fsp3) is 0.192. The van der Waals surface area contributed by atoms with E-state index >= 15 is 0 Å². The van der Waals surface area contributed by atoms with E-state index < -0.39 is 25.8 Å². The molecule has 0 radical (unpaired) electrons. The maximum atomic E-state index is 13.1. The standard InChI is InChI=1S/C26H25FN2O7S2/c1-28-26(30)24-22-13-8-19(29(38(3,33)34)14-15-37(2,31)32)16-23(22)36-25(24)17-4-9-20(10-5-17)35-21-11-6-18(27)7-12-21/h4-13,16H,14-15H2,1-3H3,(H,28,30). The number of sulfonamides is 1. The number of benzene rings is 3. The topological polar surface area (TPSA) is 123 Å². The van der Waals surface area contributed by atoms with Gasteiger partial charge in [-0.05, 0) is 60.7 Å². The Balaban J connectivity index is 1.73. The molecule has 38 heavy (non-hydrogen) atoms. The Morgan fingerprint density at radius 2 is 1.55 bits per heavy atom. The minimum absolute atomic E-state index is 0.204. The highest BCUT2D eigenvalue weighted by Gasteiger charge is 2.25. The lowest BCUT2D eigenvalue weighted by molar-refractivity contribution is 0.0964. The predicted molar refractivity (Wildman–Crippen MR) is 143 cm³/mol. The summed E-state index contributed by atoms with van der Waals surface area (Å²) < 4.78 is 74.0. The molecule has 0 aliphatic rings. The van der Waals surface area contributed by atoms with Crippen molar-refractivity contribution in [2.24, 2.45) is 0 Å². The summed E-state index contributed by atoms with van der Waals surface area (Å²) in [6, 6.07) is 16.8. The molecule has 0 aliphatic heterocycles. The fourth-order valence-electron chi connectivity index (χ4n) is 3.84. The van der Waals surface area contributed by atoms with Crippen LogP contribution in [-0.4, -0.2) is 54.6 Å². The van der Waals surface area contributed by atoms with Gasteiger partial charge in [0.25, 0.3) is 5.91 Å². The maximum Gasteiger partial charge on any atom is 0.255 e. The van der Waals surface area contributed by atoms with Crippen LogP contribution in [0.1, 0.15) is 10.4 Å². The highest BCUT2D eigenvalue weighted by molar-refractivity contribution is 7.92. The number of ether oxygens (including phenoxy) is 1. The highest BCUT2D eigenvalue weighted by atomic mass is 32.2. The molecule has 3 aromatic carbocycles. The number of rotatable bonds is 9. The van der Waals surface area contributed by atoms with E-state index in [0.29, 0.717) is 22.4 Å². The summed E-state index contributed by atoms with van der Waals surface area (Å²) in [5.74, 6) is 0.0411. The van der Waals surface area contributed by atoms with Gasteiger partial charge in [-0.15, -0.1) is 0 Å². The smallest absolute Gasteiger partial charge is 0.255 e. The number of hydrogen-bond acceptors (Lipinski definition) is 7. The van der Waals surface area contributed by atoms with Gasteiger partial charge >= 0.3 is 0 Å². The molecule has 0 spiro atoms. The van der Waals surface area contributed by atoms with Crippen LogP contribution < -0.4 is 14.4 Å². The second kappa shape index (κ2) is 10.5. The third-order valence-electron chi connectivity index (χ3n) is 5.65. The largest absolute Gasteiger partial charge is 0.457 e. The lowest BCUT2D eigenvalue weighted by Crippen LogP contribution is -2.34. The minimum Gasteiger partial charge on any atom is -0.457 e. The van der Waals surface area contributed by atoms with Crippen LogP contribution in [0, 0.1) is 5.82 Å². The zero-order valence-corrected chi connectivity index (χ0v) is 22.4. The zero-order chi connectivity index (χ0) is 27.7. The Hall–Kier alpha value is -3.90. The molecule has 4 aromatic rings. The molecule has 0 saturated heterocycles. The van der Waals surface area contributed by atoms with Crippen LogP contribution in [0.2, 0.25) is 0 Å². The second-order valence-corrected chi connectivity index (χ2v) is 12.8. The third-order valence-corrected chi connectivity index (χ3v) is 7.77. The SMILES string of the molecule is CNC(=O)c1c(-c2ccc(Oc3ccc(F)cc3)cc2)oc2cc(N(CCS(C)(=O)=O)S(C)(=O)=O)ccc12. The van der Waals surface area contributed by atoms with Crippen LogP contribution in [0.3, 0.4) is 0 Å². The van der Waals surface area contributed by atoms with Gasteiger partial charge in [0.1, 0.15) is 38.5 Å². The molecule has 1 amide bonds. The van der Waals surface area contributed by atoms with Gasteiger partial charge in [0.2, 0.25) is 10.0 Å². The Kier molecular flexibility index (Phi) is 7.47. The molecule has 1 heterocycles. The second-order valence-electron chi connectivity index (χ2n) is 8.61. The molecule has 9 nitrogen and oxygen atoms in total. The quantitative estimate of drug-likeness (QED) is 0.325. The summed E-state index contributed by atoms with van der Waals surface area (Å²) in [6.45, 7) is -0.269. The summed E-state index contributed by atoms with van der Waals surface area (Å²) in [5, 5.41) is 3.04. The van der Waals surface area contributed by atoms with Crippen molar-refractivity contribution in [3.8, 4) is 22.8 Å². The van der Waals surface area contributed by atoms with Crippen LogP contribution in [0.5, 0.6) is 11.5 Å². The number of furan rings is 1. The first-order valence-corrected chi connectivity index (χ1v) is 15.2. The van der Waals surface area contributed by atoms with Crippen LogP contribution in [0.25, 0.3) is 22.3 Å². The molecule has 1 N–H and O–H groups in total. The van der Waals surface area contributed by atoms with Gasteiger partial charge in [-0.3, -0.25) is 9.10 Å². The van der Waals surface area contributed by atoms with Crippen LogP contribution in [-0.2, 0) is 19.9 Å². The Labute approximate surface area is 219 Å². The molecule has 12 heteroatoms. The summed E-state index contributed by atoms with van der Waals surface area (Å²) in [5.41, 5.74) is 1.26. The maximum absolute atomic E-state index is 13.1. The van der Waals surface area contributed by atoms with E-state index in [-0.39, 0.29) is 40.7 Å². The Morgan fingerprint density at radius 1 is 0.947 bits per heavy atom. The molecule has 0 fully saturated rings. The first-order chi connectivity index (χ1) is 17.9. The first-order valence-electron chi connectivity index (χ1n) is 11.3. The molecule has 0 aliphatic carbocycles. The monoisotopic (exact) mass is 560 g/mol. The van der Waals surface area contributed by atoms with E-state index in [1.165, 1.54) is 43.4 Å². The summed E-state index contributed by atoms with van der Waals surface area (Å²) in [4.78, 5) is 12.8. The van der Waals surface area contributed by atoms with E-state index in [2.05, 4.69) is 5.32 Å². The van der Waals surface area contributed by atoms with Crippen molar-refractivity contribution in [1.82, 2.24) is 5.32 Å². The number of nitrogens with one attached hydrogen (secondary N) is 1. The van der Waals surface area contributed by atoms with Crippen LogP contribution in [0.15, 0.2) is 71.1 Å². The van der Waals surface area contributed by atoms with E-state index in [9.17, 15) is 26.0 Å². The number of nitrogens with zero attached hydrogens (tertiary/aromatic N) is 1. The van der Waals surface area contributed by atoms with Crippen molar-refractivity contribution >= 4 is 42.4 Å². The zero-order valence-electron chi connectivity index (χ0n) is 20.8. The Morgan fingerprint density at radius 3 is 2.11 bits per heavy atom. The minimum atomic E-state index is -3.81. The molecule has 0 unspecified atom stereocenters. The fourth-order valence-corrected chi connectivity index (χ4v) is 5.39. The van der Waals surface area contributed by atoms with Gasteiger partial charge in [0.15, 0.2) is 0 Å². The van der Waals surface area contributed by atoms with Gasteiger partial charge in [-0.1, -0.05) is 0 Å². The molecular weight excluding hydrogens is 535 g/mol. The van der Waals surface area contributed by atoms with Gasteiger partial charge in [0, 0.05) is 36.9 Å². The average Bonchev–Trinajstić information content (AvgIpc) is 3.23. The van der Waals surface area contributed by atoms with E-state index in [4.69, 9.17) is 9.15 Å². The van der Waals surface area contributed by atoms with Gasteiger partial charge in [-0.2, -0.15) is 0 Å². The highest BCUT2D eigenvalue weighted by Crippen LogP contribution is 2.37. The summed E-state index contributed by atoms with van der Waals surface area (Å²) in [7, 11) is -5.74. The average molecular weight is 561 g/mol. The Bertz CT molecular complexity index is 1700. The van der Waals surface area contributed by atoms with Crippen molar-refractivity contribution in [3.63, 3.8) is 0 Å². The molecule has 1 aromatic heterocycles. The molecule has 4 rings (SSSR count). The van der Waals surface area contributed by atoms with Gasteiger partial charge in [0.05, 0.1) is 23.3 Å². The van der Waals surface area contributed by atoms with Crippen molar-refractivity contribution in [2.75, 3.05) is 36.2 Å². The number of carbonyl (C=O) groups excluding carboxylic acids is 1. The molecule has 200 valence electrons. The number of amides is 1. The van der Waals surface area contributed by atoms with E-state index in [1.807, 2.05) is 0 Å². The predicted octanol–water partition coefficient (Wildman–Crippen LogP) is 4.20. The number of anilines is 1. The third kappa shape index (κ3) is 6.14. The normalized spacial score (nSPS) is 11.9. The van der Waals surface area contributed by atoms with Crippen LogP contribution in [0.4, 0.5) is 10.1 Å². The van der Waals surface area contributed by atoms with Crippen molar-refractivity contribution in [1.29, 1.82) is 0 Å². The lowest BCUT2D eigenvalue weighted by Gasteiger charge is -2.21. The lowest BCUT2D eigenvalue weighted by atomic mass is 10.0. The summed E-state index contributed by atoms with van der Waals surface area (Å²) >= 11 is 0. The summed E-state index contributed by atoms with van der Waals surface area (Å²) in [6.07, 6.45) is 2.01. The van der Waals surface area contributed by atoms with Gasteiger partial charge in [-0.25, -0.2) is 21.2 Å². The molecule has 0 atom stereocenters. The van der Waals surface area contributed by atoms with Crippen molar-refractivity contribution in [3.05, 3.63) is 78.1 Å². The molecular formula is C26H25FN2O7S2. The van der Waals surface area contributed by atoms with Gasteiger partial charge < -0.3 is 14.5 Å². The molecule has 0 saturated carbocycles. The van der Waals surface area contributed by atoms with E-state index in [1.54, 1.807) is 30.3 Å². The number of carbonyl (C=O) groups is 1. The van der Waals surface area contributed by atoms with Crippen molar-refractivity contribution < 1.29 is 35.2 Å². The number of sulfone groups is 1.